The molecule has 124 valence electrons. The molecule has 0 radical (unpaired) electrons. The SMILES string of the molecule is CCS(=O)(=O)Nc1ccc(Nc2nc(C3CCCC3)ns2)cc1. The summed E-state index contributed by atoms with van der Waals surface area (Å²) in [5, 5.41) is 3.99. The van der Waals surface area contributed by atoms with Crippen LogP contribution in [0.5, 0.6) is 0 Å². The van der Waals surface area contributed by atoms with Gasteiger partial charge in [-0.1, -0.05) is 12.8 Å². The second kappa shape index (κ2) is 6.84. The maximum atomic E-state index is 11.5. The van der Waals surface area contributed by atoms with E-state index in [1.807, 2.05) is 12.1 Å². The minimum Gasteiger partial charge on any atom is -0.330 e. The summed E-state index contributed by atoms with van der Waals surface area (Å²) in [4.78, 5) is 4.57. The zero-order valence-electron chi connectivity index (χ0n) is 12.9. The lowest BCUT2D eigenvalue weighted by molar-refractivity contribution is 0.602. The fourth-order valence-corrected chi connectivity index (χ4v) is 3.94. The molecule has 1 aliphatic rings. The normalized spacial score (nSPS) is 15.7. The van der Waals surface area contributed by atoms with E-state index in [0.29, 0.717) is 11.6 Å². The van der Waals surface area contributed by atoms with Crippen molar-refractivity contribution in [3.8, 4) is 0 Å². The molecular formula is C15H20N4O2S2. The van der Waals surface area contributed by atoms with E-state index in [9.17, 15) is 8.42 Å². The van der Waals surface area contributed by atoms with Crippen molar-refractivity contribution in [3.05, 3.63) is 30.1 Å². The van der Waals surface area contributed by atoms with E-state index >= 15 is 0 Å². The van der Waals surface area contributed by atoms with Crippen molar-refractivity contribution in [2.45, 2.75) is 38.5 Å². The number of nitrogens with zero attached hydrogens (tertiary/aromatic N) is 2. The predicted molar refractivity (Wildman–Crippen MR) is 93.9 cm³/mol. The van der Waals surface area contributed by atoms with Gasteiger partial charge in [0, 0.05) is 28.8 Å². The largest absolute Gasteiger partial charge is 0.330 e. The smallest absolute Gasteiger partial charge is 0.232 e. The lowest BCUT2D eigenvalue weighted by Gasteiger charge is -2.07. The van der Waals surface area contributed by atoms with Gasteiger partial charge >= 0.3 is 0 Å². The summed E-state index contributed by atoms with van der Waals surface area (Å²) < 4.78 is 30.0. The lowest BCUT2D eigenvalue weighted by atomic mass is 10.1. The van der Waals surface area contributed by atoms with Crippen LogP contribution in [0.3, 0.4) is 0 Å². The number of aromatic nitrogens is 2. The molecule has 6 nitrogen and oxygen atoms in total. The first-order valence-corrected chi connectivity index (χ1v) is 10.2. The minimum atomic E-state index is -3.24. The van der Waals surface area contributed by atoms with Gasteiger partial charge < -0.3 is 5.32 Å². The summed E-state index contributed by atoms with van der Waals surface area (Å²) in [6.07, 6.45) is 4.90. The van der Waals surface area contributed by atoms with E-state index in [1.54, 1.807) is 19.1 Å². The first-order chi connectivity index (χ1) is 11.1. The molecule has 1 aliphatic carbocycles. The maximum absolute atomic E-state index is 11.5. The van der Waals surface area contributed by atoms with Crippen molar-refractivity contribution in [1.82, 2.24) is 9.36 Å². The molecule has 0 unspecified atom stereocenters. The number of sulfonamides is 1. The highest BCUT2D eigenvalue weighted by atomic mass is 32.2. The highest BCUT2D eigenvalue weighted by Gasteiger charge is 2.21. The fourth-order valence-electron chi connectivity index (χ4n) is 2.63. The van der Waals surface area contributed by atoms with Gasteiger partial charge in [-0.3, -0.25) is 4.72 Å². The Hall–Kier alpha value is -1.67. The van der Waals surface area contributed by atoms with Gasteiger partial charge in [0.15, 0.2) is 0 Å². The van der Waals surface area contributed by atoms with Crippen molar-refractivity contribution < 1.29 is 8.42 Å². The molecule has 0 saturated heterocycles. The zero-order chi connectivity index (χ0) is 16.3. The van der Waals surface area contributed by atoms with Gasteiger partial charge in [0.2, 0.25) is 15.2 Å². The fraction of sp³-hybridized carbons (Fsp3) is 0.467. The van der Waals surface area contributed by atoms with Gasteiger partial charge in [-0.2, -0.15) is 4.37 Å². The lowest BCUT2D eigenvalue weighted by Crippen LogP contribution is -2.14. The molecule has 1 saturated carbocycles. The van der Waals surface area contributed by atoms with Crippen molar-refractivity contribution in [1.29, 1.82) is 0 Å². The van der Waals surface area contributed by atoms with Crippen molar-refractivity contribution in [2.75, 3.05) is 15.8 Å². The average Bonchev–Trinajstić information content (AvgIpc) is 3.20. The Morgan fingerprint density at radius 2 is 1.83 bits per heavy atom. The van der Waals surface area contributed by atoms with Crippen LogP contribution in [0.4, 0.5) is 16.5 Å². The summed E-state index contributed by atoms with van der Waals surface area (Å²) in [5.74, 6) is 1.51. The van der Waals surface area contributed by atoms with Crippen LogP contribution in [0.25, 0.3) is 0 Å². The highest BCUT2D eigenvalue weighted by molar-refractivity contribution is 7.92. The molecule has 1 fully saturated rings. The summed E-state index contributed by atoms with van der Waals surface area (Å²) in [7, 11) is -3.24. The Labute approximate surface area is 140 Å². The first kappa shape index (κ1) is 16.2. The molecule has 0 bridgehead atoms. The van der Waals surface area contributed by atoms with E-state index in [4.69, 9.17) is 0 Å². The molecular weight excluding hydrogens is 332 g/mol. The van der Waals surface area contributed by atoms with Crippen LogP contribution in [0.2, 0.25) is 0 Å². The third kappa shape index (κ3) is 4.20. The topological polar surface area (TPSA) is 84.0 Å². The molecule has 0 amide bonds. The molecule has 0 aliphatic heterocycles. The van der Waals surface area contributed by atoms with Gasteiger partial charge in [-0.15, -0.1) is 0 Å². The van der Waals surface area contributed by atoms with Crippen LogP contribution >= 0.6 is 11.5 Å². The Morgan fingerprint density at radius 1 is 1.17 bits per heavy atom. The van der Waals surface area contributed by atoms with E-state index < -0.39 is 10.0 Å². The second-order valence-corrected chi connectivity index (χ2v) is 8.41. The standard InChI is InChI=1S/C15H20N4O2S2/c1-2-23(20,21)19-13-9-7-12(8-10-13)16-15-17-14(18-22-15)11-5-3-4-6-11/h7-11,19H,2-6H2,1H3,(H,16,17,18). The van der Waals surface area contributed by atoms with Crippen molar-refractivity contribution in [3.63, 3.8) is 0 Å². The molecule has 2 N–H and O–H groups in total. The quantitative estimate of drug-likeness (QED) is 0.828. The number of benzene rings is 1. The Balaban J connectivity index is 1.64. The van der Waals surface area contributed by atoms with Crippen LogP contribution in [0, 0.1) is 0 Å². The van der Waals surface area contributed by atoms with Crippen molar-refractivity contribution >= 4 is 38.1 Å². The van der Waals surface area contributed by atoms with E-state index in [0.717, 1.165) is 16.6 Å². The third-order valence-electron chi connectivity index (χ3n) is 3.95. The molecule has 1 aromatic carbocycles. The second-order valence-electron chi connectivity index (χ2n) is 5.65. The first-order valence-electron chi connectivity index (χ1n) is 7.77. The van der Waals surface area contributed by atoms with Gasteiger partial charge in [0.05, 0.1) is 5.75 Å². The molecule has 1 heterocycles. The summed E-state index contributed by atoms with van der Waals surface area (Å²) in [6.45, 7) is 1.61. The molecule has 1 aromatic heterocycles. The number of rotatable bonds is 6. The number of hydrogen-bond donors (Lipinski definition) is 2. The maximum Gasteiger partial charge on any atom is 0.232 e. The number of anilines is 3. The van der Waals surface area contributed by atoms with Gasteiger partial charge in [0.25, 0.3) is 0 Å². The third-order valence-corrected chi connectivity index (χ3v) is 5.90. The van der Waals surface area contributed by atoms with E-state index in [-0.39, 0.29) is 5.75 Å². The van der Waals surface area contributed by atoms with Crippen molar-refractivity contribution in [2.24, 2.45) is 0 Å². The molecule has 2 aromatic rings. The predicted octanol–water partition coefficient (Wildman–Crippen LogP) is 3.70. The van der Waals surface area contributed by atoms with E-state index in [1.165, 1.54) is 37.2 Å². The summed E-state index contributed by atoms with van der Waals surface area (Å²) in [6, 6.07) is 7.11. The van der Waals surface area contributed by atoms with Gasteiger partial charge in [-0.05, 0) is 44.0 Å². The molecule has 23 heavy (non-hydrogen) atoms. The van der Waals surface area contributed by atoms with Crippen LogP contribution < -0.4 is 10.0 Å². The van der Waals surface area contributed by atoms with Crippen LogP contribution in [-0.4, -0.2) is 23.5 Å². The average molecular weight is 352 g/mol. The van der Waals surface area contributed by atoms with Crippen LogP contribution in [0.15, 0.2) is 24.3 Å². The van der Waals surface area contributed by atoms with Gasteiger partial charge in [0.1, 0.15) is 5.82 Å². The van der Waals surface area contributed by atoms with E-state index in [2.05, 4.69) is 19.4 Å². The summed E-state index contributed by atoms with van der Waals surface area (Å²) >= 11 is 1.37. The minimum absolute atomic E-state index is 0.0573. The zero-order valence-corrected chi connectivity index (χ0v) is 14.6. The van der Waals surface area contributed by atoms with Crippen LogP contribution in [-0.2, 0) is 10.0 Å². The summed E-state index contributed by atoms with van der Waals surface area (Å²) in [5.41, 5.74) is 1.42. The molecule has 8 heteroatoms. The van der Waals surface area contributed by atoms with Gasteiger partial charge in [-0.25, -0.2) is 13.4 Å². The highest BCUT2D eigenvalue weighted by Crippen LogP contribution is 2.34. The molecule has 3 rings (SSSR count). The van der Waals surface area contributed by atoms with Crippen LogP contribution in [0.1, 0.15) is 44.3 Å². The molecule has 0 atom stereocenters. The number of hydrogen-bond acceptors (Lipinski definition) is 6. The Morgan fingerprint density at radius 3 is 2.48 bits per heavy atom. The number of nitrogens with one attached hydrogen (secondary N) is 2. The molecule has 0 spiro atoms. The monoisotopic (exact) mass is 352 g/mol. The Bertz CT molecular complexity index is 750. The Kier molecular flexibility index (Phi) is 4.82.